The van der Waals surface area contributed by atoms with Gasteiger partial charge in [0.25, 0.3) is 0 Å². The lowest BCUT2D eigenvalue weighted by Gasteiger charge is -2.10. The zero-order valence-corrected chi connectivity index (χ0v) is 12.4. The van der Waals surface area contributed by atoms with E-state index in [1.165, 1.54) is 0 Å². The highest BCUT2D eigenvalue weighted by Crippen LogP contribution is 2.28. The molecule has 0 amide bonds. The molecule has 0 saturated heterocycles. The Morgan fingerprint density at radius 1 is 0.955 bits per heavy atom. The Balaban J connectivity index is 1.90. The van der Waals surface area contributed by atoms with E-state index in [2.05, 4.69) is 15.5 Å². The molecule has 6 heteroatoms. The van der Waals surface area contributed by atoms with Crippen molar-refractivity contribution in [3.63, 3.8) is 0 Å². The quantitative estimate of drug-likeness (QED) is 0.723. The highest BCUT2D eigenvalue weighted by molar-refractivity contribution is 5.54. The number of tetrazole rings is 1. The number of hydrogen-bond donors (Lipinski definition) is 0. The van der Waals surface area contributed by atoms with Crippen molar-refractivity contribution < 1.29 is 9.47 Å². The van der Waals surface area contributed by atoms with Gasteiger partial charge in [0.05, 0.1) is 20.8 Å². The summed E-state index contributed by atoms with van der Waals surface area (Å²) in [6, 6.07) is 15.6. The maximum atomic E-state index is 5.33. The van der Waals surface area contributed by atoms with Gasteiger partial charge in [0.15, 0.2) is 17.3 Å². The van der Waals surface area contributed by atoms with Crippen LogP contribution in [0.25, 0.3) is 11.4 Å². The first kappa shape index (κ1) is 14.1. The van der Waals surface area contributed by atoms with Crippen LogP contribution in [0.1, 0.15) is 5.56 Å². The molecule has 2 aromatic carbocycles. The molecular weight excluding hydrogens is 280 g/mol. The van der Waals surface area contributed by atoms with Gasteiger partial charge >= 0.3 is 0 Å². The van der Waals surface area contributed by atoms with Crippen molar-refractivity contribution >= 4 is 0 Å². The number of benzene rings is 2. The van der Waals surface area contributed by atoms with Crippen molar-refractivity contribution in [3.05, 3.63) is 54.1 Å². The van der Waals surface area contributed by atoms with Gasteiger partial charge in [0, 0.05) is 5.56 Å². The number of methoxy groups -OCH3 is 2. The lowest BCUT2D eigenvalue weighted by molar-refractivity contribution is 0.354. The third-order valence-electron chi connectivity index (χ3n) is 3.34. The van der Waals surface area contributed by atoms with Gasteiger partial charge in [-0.1, -0.05) is 36.4 Å². The maximum Gasteiger partial charge on any atom is 0.182 e. The van der Waals surface area contributed by atoms with Crippen molar-refractivity contribution in [2.45, 2.75) is 6.54 Å². The molecule has 3 rings (SSSR count). The summed E-state index contributed by atoms with van der Waals surface area (Å²) in [4.78, 5) is 0. The Labute approximate surface area is 128 Å². The minimum atomic E-state index is 0.553. The molecule has 0 atom stereocenters. The Morgan fingerprint density at radius 2 is 1.73 bits per heavy atom. The van der Waals surface area contributed by atoms with Gasteiger partial charge < -0.3 is 9.47 Å². The predicted molar refractivity (Wildman–Crippen MR) is 81.9 cm³/mol. The van der Waals surface area contributed by atoms with E-state index in [1.54, 1.807) is 18.9 Å². The zero-order chi connectivity index (χ0) is 15.4. The van der Waals surface area contributed by atoms with Gasteiger partial charge in [-0.2, -0.15) is 0 Å². The number of hydrogen-bond acceptors (Lipinski definition) is 5. The molecule has 0 radical (unpaired) electrons. The summed E-state index contributed by atoms with van der Waals surface area (Å²) < 4.78 is 12.3. The monoisotopic (exact) mass is 296 g/mol. The van der Waals surface area contributed by atoms with Crippen LogP contribution in [0.4, 0.5) is 0 Å². The molecule has 0 saturated carbocycles. The molecule has 0 spiro atoms. The minimum absolute atomic E-state index is 0.553. The Hall–Kier alpha value is -2.89. The largest absolute Gasteiger partial charge is 0.493 e. The summed E-state index contributed by atoms with van der Waals surface area (Å²) >= 11 is 0. The lowest BCUT2D eigenvalue weighted by Crippen LogP contribution is -2.05. The first-order valence-corrected chi connectivity index (χ1v) is 6.84. The summed E-state index contributed by atoms with van der Waals surface area (Å²) in [7, 11) is 3.24. The van der Waals surface area contributed by atoms with E-state index in [-0.39, 0.29) is 0 Å². The smallest absolute Gasteiger partial charge is 0.182 e. The summed E-state index contributed by atoms with van der Waals surface area (Å²) in [5.41, 5.74) is 2.01. The molecule has 0 bridgehead atoms. The molecule has 0 unspecified atom stereocenters. The van der Waals surface area contributed by atoms with E-state index in [0.29, 0.717) is 18.0 Å². The summed E-state index contributed by atoms with van der Waals surface area (Å²) in [5.74, 6) is 2.12. The highest BCUT2D eigenvalue weighted by atomic mass is 16.5. The van der Waals surface area contributed by atoms with Crippen LogP contribution < -0.4 is 9.47 Å². The molecule has 0 aliphatic rings. The Kier molecular flexibility index (Phi) is 4.00. The average Bonchev–Trinajstić information content (AvgIpc) is 3.03. The molecule has 0 fully saturated rings. The minimum Gasteiger partial charge on any atom is -0.493 e. The van der Waals surface area contributed by atoms with E-state index >= 15 is 0 Å². The van der Waals surface area contributed by atoms with Crippen molar-refractivity contribution in [3.8, 4) is 22.9 Å². The van der Waals surface area contributed by atoms with Gasteiger partial charge in [-0.15, -0.1) is 5.10 Å². The third-order valence-corrected chi connectivity index (χ3v) is 3.34. The van der Waals surface area contributed by atoms with Gasteiger partial charge in [-0.25, -0.2) is 4.68 Å². The molecule has 112 valence electrons. The third kappa shape index (κ3) is 2.76. The summed E-state index contributed by atoms with van der Waals surface area (Å²) in [5, 5.41) is 12.0. The van der Waals surface area contributed by atoms with E-state index in [0.717, 1.165) is 17.0 Å². The first-order chi connectivity index (χ1) is 10.8. The van der Waals surface area contributed by atoms with Crippen LogP contribution in [-0.2, 0) is 6.54 Å². The van der Waals surface area contributed by atoms with Crippen LogP contribution in [-0.4, -0.2) is 34.4 Å². The second kappa shape index (κ2) is 6.26. The first-order valence-electron chi connectivity index (χ1n) is 6.84. The van der Waals surface area contributed by atoms with Crippen molar-refractivity contribution in [2.24, 2.45) is 0 Å². The van der Waals surface area contributed by atoms with Gasteiger partial charge in [-0.05, 0) is 28.1 Å². The fourth-order valence-electron chi connectivity index (χ4n) is 2.26. The molecule has 0 N–H and O–H groups in total. The van der Waals surface area contributed by atoms with Crippen molar-refractivity contribution in [2.75, 3.05) is 14.2 Å². The maximum absolute atomic E-state index is 5.33. The fourth-order valence-corrected chi connectivity index (χ4v) is 2.26. The number of rotatable bonds is 5. The fraction of sp³-hybridized carbons (Fsp3) is 0.188. The second-order valence-corrected chi connectivity index (χ2v) is 4.72. The number of ether oxygens (including phenoxy) is 2. The molecule has 0 aliphatic carbocycles. The molecule has 1 heterocycles. The molecule has 0 aliphatic heterocycles. The number of aromatic nitrogens is 4. The Bertz CT molecular complexity index is 756. The SMILES string of the molecule is COc1ccc(Cn2nnnc2-c2ccccc2)cc1OC. The van der Waals surface area contributed by atoms with Crippen LogP contribution in [0.5, 0.6) is 11.5 Å². The lowest BCUT2D eigenvalue weighted by atomic mass is 10.2. The van der Waals surface area contributed by atoms with Crippen LogP contribution in [0.3, 0.4) is 0 Å². The van der Waals surface area contributed by atoms with Crippen LogP contribution >= 0.6 is 0 Å². The van der Waals surface area contributed by atoms with E-state index in [9.17, 15) is 0 Å². The van der Waals surface area contributed by atoms with E-state index in [4.69, 9.17) is 9.47 Å². The summed E-state index contributed by atoms with van der Waals surface area (Å²) in [6.07, 6.45) is 0. The molecule has 22 heavy (non-hydrogen) atoms. The van der Waals surface area contributed by atoms with Crippen LogP contribution in [0.15, 0.2) is 48.5 Å². The molecular formula is C16H16N4O2. The normalized spacial score (nSPS) is 10.5. The standard InChI is InChI=1S/C16H16N4O2/c1-21-14-9-8-12(10-15(14)22-2)11-20-16(17-18-19-20)13-6-4-3-5-7-13/h3-10H,11H2,1-2H3. The summed E-state index contributed by atoms with van der Waals surface area (Å²) in [6.45, 7) is 0.553. The number of nitrogens with zero attached hydrogens (tertiary/aromatic N) is 4. The van der Waals surface area contributed by atoms with Gasteiger partial charge in [0.1, 0.15) is 0 Å². The predicted octanol–water partition coefficient (Wildman–Crippen LogP) is 2.41. The second-order valence-electron chi connectivity index (χ2n) is 4.72. The van der Waals surface area contributed by atoms with Gasteiger partial charge in [-0.3, -0.25) is 0 Å². The molecule has 6 nitrogen and oxygen atoms in total. The average molecular weight is 296 g/mol. The van der Waals surface area contributed by atoms with E-state index in [1.807, 2.05) is 48.5 Å². The van der Waals surface area contributed by atoms with Crippen molar-refractivity contribution in [1.29, 1.82) is 0 Å². The molecule has 3 aromatic rings. The molecule has 1 aromatic heterocycles. The van der Waals surface area contributed by atoms with Crippen LogP contribution in [0.2, 0.25) is 0 Å². The van der Waals surface area contributed by atoms with Gasteiger partial charge in [0.2, 0.25) is 0 Å². The highest BCUT2D eigenvalue weighted by Gasteiger charge is 2.10. The van der Waals surface area contributed by atoms with Crippen LogP contribution in [0, 0.1) is 0 Å². The Morgan fingerprint density at radius 3 is 2.45 bits per heavy atom. The van der Waals surface area contributed by atoms with Crippen molar-refractivity contribution in [1.82, 2.24) is 20.2 Å². The van der Waals surface area contributed by atoms with E-state index < -0.39 is 0 Å². The zero-order valence-electron chi connectivity index (χ0n) is 12.4. The topological polar surface area (TPSA) is 62.1 Å².